The zero-order valence-electron chi connectivity index (χ0n) is 11.2. The first-order valence-electron chi connectivity index (χ1n) is 5.64. The molecule has 1 amide bonds. The van der Waals surface area contributed by atoms with Gasteiger partial charge in [-0.05, 0) is 5.92 Å². The number of nitrogens with zero attached hydrogens (tertiary/aromatic N) is 1. The topological polar surface area (TPSA) is 68.0 Å². The molecule has 0 saturated carbocycles. The van der Waals surface area contributed by atoms with Crippen molar-refractivity contribution in [1.29, 1.82) is 0 Å². The fraction of sp³-hybridized carbons (Fsp3) is 0.636. The number of nitrogens with two attached hydrogens (primary N) is 1. The molecule has 1 rings (SSSR count). The quantitative estimate of drug-likeness (QED) is 0.828. The summed E-state index contributed by atoms with van der Waals surface area (Å²) >= 11 is 1.36. The Kier molecular flexibility index (Phi) is 10.3. The van der Waals surface area contributed by atoms with Crippen LogP contribution in [0.15, 0.2) is 5.38 Å². The van der Waals surface area contributed by atoms with Gasteiger partial charge in [-0.2, -0.15) is 0 Å². The minimum absolute atomic E-state index is 0. The Bertz CT molecular complexity index is 416. The molecule has 0 atom stereocenters. The SMILES string of the molecule is CC(C)Cc1nc(C(=O)NCC(F)(F)CN)cs1.Cl.Cl. The summed E-state index contributed by atoms with van der Waals surface area (Å²) in [7, 11) is 0. The fourth-order valence-electron chi connectivity index (χ4n) is 1.23. The molecule has 3 N–H and O–H groups in total. The second-order valence-electron chi connectivity index (χ2n) is 4.47. The smallest absolute Gasteiger partial charge is 0.277 e. The average molecular weight is 350 g/mol. The Balaban J connectivity index is 0. The maximum absolute atomic E-state index is 12.8. The minimum atomic E-state index is -3.08. The molecule has 20 heavy (non-hydrogen) atoms. The van der Waals surface area contributed by atoms with E-state index in [2.05, 4.69) is 10.3 Å². The van der Waals surface area contributed by atoms with Gasteiger partial charge in [0.05, 0.1) is 18.1 Å². The van der Waals surface area contributed by atoms with E-state index in [1.165, 1.54) is 11.3 Å². The van der Waals surface area contributed by atoms with E-state index in [1.807, 2.05) is 13.8 Å². The lowest BCUT2D eigenvalue weighted by atomic mass is 10.1. The van der Waals surface area contributed by atoms with Crippen molar-refractivity contribution in [3.05, 3.63) is 16.1 Å². The highest BCUT2D eigenvalue weighted by Crippen LogP contribution is 2.15. The van der Waals surface area contributed by atoms with E-state index in [0.29, 0.717) is 5.92 Å². The summed E-state index contributed by atoms with van der Waals surface area (Å²) in [6.07, 6.45) is 0.775. The van der Waals surface area contributed by atoms with Crippen LogP contribution in [0.25, 0.3) is 0 Å². The van der Waals surface area contributed by atoms with Gasteiger partial charge in [0, 0.05) is 11.8 Å². The van der Waals surface area contributed by atoms with Crippen molar-refractivity contribution in [2.24, 2.45) is 11.7 Å². The third-order valence-electron chi connectivity index (χ3n) is 2.17. The van der Waals surface area contributed by atoms with Crippen molar-refractivity contribution < 1.29 is 13.6 Å². The van der Waals surface area contributed by atoms with Gasteiger partial charge in [0.15, 0.2) is 0 Å². The highest BCUT2D eigenvalue weighted by molar-refractivity contribution is 7.09. The van der Waals surface area contributed by atoms with E-state index >= 15 is 0 Å². The van der Waals surface area contributed by atoms with Crippen LogP contribution in [0.5, 0.6) is 0 Å². The molecule has 0 bridgehead atoms. The van der Waals surface area contributed by atoms with E-state index in [0.717, 1.165) is 11.4 Å². The summed E-state index contributed by atoms with van der Waals surface area (Å²) in [5.74, 6) is -3.23. The molecule has 0 spiro atoms. The van der Waals surface area contributed by atoms with Crippen LogP contribution in [0.3, 0.4) is 0 Å². The molecule has 0 radical (unpaired) electrons. The number of alkyl halides is 2. The molecule has 9 heteroatoms. The lowest BCUT2D eigenvalue weighted by Crippen LogP contribution is -2.41. The molecule has 4 nitrogen and oxygen atoms in total. The zero-order valence-corrected chi connectivity index (χ0v) is 13.6. The van der Waals surface area contributed by atoms with E-state index in [-0.39, 0.29) is 30.5 Å². The molecule has 0 aliphatic carbocycles. The van der Waals surface area contributed by atoms with Crippen LogP contribution in [0.2, 0.25) is 0 Å². The second-order valence-corrected chi connectivity index (χ2v) is 5.41. The summed E-state index contributed by atoms with van der Waals surface area (Å²) in [6.45, 7) is 2.54. The molecule has 1 aromatic rings. The van der Waals surface area contributed by atoms with Crippen molar-refractivity contribution in [2.75, 3.05) is 13.1 Å². The lowest BCUT2D eigenvalue weighted by Gasteiger charge is -2.13. The third-order valence-corrected chi connectivity index (χ3v) is 3.04. The maximum atomic E-state index is 12.8. The average Bonchev–Trinajstić information content (AvgIpc) is 2.73. The van der Waals surface area contributed by atoms with Crippen LogP contribution in [-0.2, 0) is 6.42 Å². The number of carbonyl (C=O) groups is 1. The predicted octanol–water partition coefficient (Wildman–Crippen LogP) is 2.51. The number of aromatic nitrogens is 1. The van der Waals surface area contributed by atoms with Crippen LogP contribution in [0.4, 0.5) is 8.78 Å². The molecule has 0 aliphatic rings. The number of carbonyl (C=O) groups excluding carboxylic acids is 1. The van der Waals surface area contributed by atoms with Crippen LogP contribution in [0.1, 0.15) is 29.3 Å². The van der Waals surface area contributed by atoms with Gasteiger partial charge in [-0.1, -0.05) is 13.8 Å². The number of rotatable bonds is 6. The summed E-state index contributed by atoms with van der Waals surface area (Å²) < 4.78 is 25.7. The summed E-state index contributed by atoms with van der Waals surface area (Å²) in [5, 5.41) is 4.54. The Morgan fingerprint density at radius 3 is 2.60 bits per heavy atom. The van der Waals surface area contributed by atoms with E-state index in [1.54, 1.807) is 5.38 Å². The number of hydrogen-bond acceptors (Lipinski definition) is 4. The van der Waals surface area contributed by atoms with Crippen LogP contribution in [-0.4, -0.2) is 29.9 Å². The predicted molar refractivity (Wildman–Crippen MR) is 81.5 cm³/mol. The first-order valence-corrected chi connectivity index (χ1v) is 6.52. The molecule has 118 valence electrons. The molecular formula is C11H19Cl2F2N3OS. The van der Waals surface area contributed by atoms with Gasteiger partial charge in [-0.3, -0.25) is 4.79 Å². The normalized spacial score (nSPS) is 10.7. The molecule has 1 heterocycles. The van der Waals surface area contributed by atoms with Crippen molar-refractivity contribution in [3.63, 3.8) is 0 Å². The highest BCUT2D eigenvalue weighted by Gasteiger charge is 2.27. The maximum Gasteiger partial charge on any atom is 0.277 e. The van der Waals surface area contributed by atoms with E-state index in [9.17, 15) is 13.6 Å². The van der Waals surface area contributed by atoms with Crippen LogP contribution in [0, 0.1) is 5.92 Å². The fourth-order valence-corrected chi connectivity index (χ4v) is 2.22. The Labute approximate surface area is 133 Å². The number of halogens is 4. The summed E-state index contributed by atoms with van der Waals surface area (Å²) in [6, 6.07) is 0. The van der Waals surface area contributed by atoms with Crippen molar-refractivity contribution >= 4 is 42.1 Å². The van der Waals surface area contributed by atoms with Crippen LogP contribution < -0.4 is 11.1 Å². The van der Waals surface area contributed by atoms with E-state index in [4.69, 9.17) is 5.73 Å². The lowest BCUT2D eigenvalue weighted by molar-refractivity contribution is 0.0118. The van der Waals surface area contributed by atoms with Crippen molar-refractivity contribution in [2.45, 2.75) is 26.2 Å². The van der Waals surface area contributed by atoms with Crippen LogP contribution >= 0.6 is 36.2 Å². The molecule has 0 fully saturated rings. The van der Waals surface area contributed by atoms with Gasteiger partial charge < -0.3 is 11.1 Å². The van der Waals surface area contributed by atoms with E-state index < -0.39 is 24.9 Å². The molecule has 0 aromatic carbocycles. The number of thiazole rings is 1. The van der Waals surface area contributed by atoms with Crippen molar-refractivity contribution in [1.82, 2.24) is 10.3 Å². The minimum Gasteiger partial charge on any atom is -0.345 e. The molecule has 0 aliphatic heterocycles. The highest BCUT2D eigenvalue weighted by atomic mass is 35.5. The second kappa shape index (κ2) is 9.44. The third kappa shape index (κ3) is 7.33. The van der Waals surface area contributed by atoms with Gasteiger partial charge in [0.2, 0.25) is 0 Å². The number of hydrogen-bond donors (Lipinski definition) is 2. The number of nitrogens with one attached hydrogen (secondary N) is 1. The van der Waals surface area contributed by atoms with Gasteiger partial charge in [-0.25, -0.2) is 13.8 Å². The van der Waals surface area contributed by atoms with Gasteiger partial charge in [-0.15, -0.1) is 36.2 Å². The monoisotopic (exact) mass is 349 g/mol. The van der Waals surface area contributed by atoms with Gasteiger partial charge in [0.25, 0.3) is 11.8 Å². The Morgan fingerprint density at radius 1 is 1.50 bits per heavy atom. The van der Waals surface area contributed by atoms with Gasteiger partial charge in [0.1, 0.15) is 5.69 Å². The van der Waals surface area contributed by atoms with Crippen molar-refractivity contribution in [3.8, 4) is 0 Å². The summed E-state index contributed by atoms with van der Waals surface area (Å²) in [5.41, 5.74) is 5.06. The Hall–Kier alpha value is -0.500. The van der Waals surface area contributed by atoms with Gasteiger partial charge >= 0.3 is 0 Å². The first kappa shape index (κ1) is 21.8. The molecule has 0 unspecified atom stereocenters. The molecule has 0 saturated heterocycles. The largest absolute Gasteiger partial charge is 0.345 e. The Morgan fingerprint density at radius 2 is 2.10 bits per heavy atom. The molecular weight excluding hydrogens is 331 g/mol. The zero-order chi connectivity index (χ0) is 13.8. The first-order chi connectivity index (χ1) is 8.34. The number of amides is 1. The standard InChI is InChI=1S/C11H17F2N3OS.2ClH/c1-7(2)3-9-16-8(4-18-9)10(17)15-6-11(12,13)5-14;;/h4,7H,3,5-6,14H2,1-2H3,(H,15,17);2*1H. The summed E-state index contributed by atoms with van der Waals surface area (Å²) in [4.78, 5) is 15.7. The molecule has 1 aromatic heterocycles.